The van der Waals surface area contributed by atoms with Gasteiger partial charge in [0.2, 0.25) is 0 Å². The van der Waals surface area contributed by atoms with Crippen LogP contribution in [0.4, 0.5) is 0 Å². The van der Waals surface area contributed by atoms with Crippen LogP contribution in [0.1, 0.15) is 0 Å². The molecule has 4 heteroatoms. The number of hydrogen-bond acceptors (Lipinski definition) is 1. The van der Waals surface area contributed by atoms with Crippen LogP contribution < -0.4 is 15.9 Å². The molecule has 0 fully saturated rings. The van der Waals surface area contributed by atoms with Crippen molar-refractivity contribution in [3.05, 3.63) is 152 Å². The monoisotopic (exact) mass is 632 g/mol. The Morgan fingerprint density at radius 3 is 1.93 bits per heavy atom. The molecule has 2 heterocycles. The summed E-state index contributed by atoms with van der Waals surface area (Å²) in [6.45, 7) is 0. The van der Waals surface area contributed by atoms with Gasteiger partial charge < -0.3 is 0 Å². The molecule has 0 N–H and O–H groups in total. The van der Waals surface area contributed by atoms with Gasteiger partial charge in [-0.25, -0.2) is 0 Å². The summed E-state index contributed by atoms with van der Waals surface area (Å²) in [5, 5.41) is 12.6. The zero-order valence-electron chi connectivity index (χ0n) is 23.2. The van der Waals surface area contributed by atoms with Gasteiger partial charge in [0, 0.05) is 0 Å². The maximum absolute atomic E-state index is 5.22. The zero-order chi connectivity index (χ0) is 28.5. The summed E-state index contributed by atoms with van der Waals surface area (Å²) in [7, 11) is 0. The van der Waals surface area contributed by atoms with E-state index >= 15 is 0 Å². The number of imidazole rings is 1. The van der Waals surface area contributed by atoms with Gasteiger partial charge in [0.05, 0.1) is 0 Å². The topological polar surface area (TPSA) is 17.3 Å². The van der Waals surface area contributed by atoms with E-state index in [9.17, 15) is 0 Å². The van der Waals surface area contributed by atoms with E-state index in [1.807, 2.05) is 0 Å². The summed E-state index contributed by atoms with van der Waals surface area (Å²) < 4.78 is 2.38. The molecule has 0 atom stereocenters. The molecule has 2 aromatic heterocycles. The number of aromatic nitrogens is 2. The van der Waals surface area contributed by atoms with E-state index in [0.29, 0.717) is 0 Å². The van der Waals surface area contributed by atoms with Gasteiger partial charge in [-0.1, -0.05) is 6.07 Å². The molecular weight excluding hydrogens is 606 g/mol. The van der Waals surface area contributed by atoms with Crippen molar-refractivity contribution in [2.75, 3.05) is 0 Å². The Labute approximate surface area is 256 Å². The Morgan fingerprint density at radius 1 is 0.465 bits per heavy atom. The van der Waals surface area contributed by atoms with Crippen molar-refractivity contribution >= 4 is 96.4 Å². The van der Waals surface area contributed by atoms with Gasteiger partial charge in [0.1, 0.15) is 0 Å². The van der Waals surface area contributed by atoms with E-state index < -0.39 is 5.51 Å². The van der Waals surface area contributed by atoms with E-state index in [0.717, 1.165) is 16.7 Å². The number of nitrogens with zero attached hydrogens (tertiary/aromatic N) is 2. The van der Waals surface area contributed by atoms with Gasteiger partial charge in [-0.05, 0) is 0 Å². The van der Waals surface area contributed by atoms with Crippen molar-refractivity contribution in [2.24, 2.45) is 0 Å². The molecule has 0 aliphatic rings. The van der Waals surface area contributed by atoms with Gasteiger partial charge in [-0.15, -0.1) is 0 Å². The standard InChI is InChI=1S/C39H25N2PSe/c43-42(29-12-3-1-4-13-29,30-14-5-2-6-15-30)31-21-19-27-24-34-33-22-20-26-11-7-8-16-32(26)38(33)39-40-35-17-9-10-18-36(35)41(39)37(34)25-28(27)23-31/h1-25H. The average molecular weight is 632 g/mol. The molecule has 0 saturated heterocycles. The molecule has 0 amide bonds. The fraction of sp³-hybridized carbons (Fsp3) is 0. The molecule has 0 radical (unpaired) electrons. The second-order valence-corrected chi connectivity index (χ2v) is 17.4. The third-order valence-electron chi connectivity index (χ3n) is 8.79. The van der Waals surface area contributed by atoms with Gasteiger partial charge in [0.15, 0.2) is 0 Å². The number of pyridine rings is 1. The van der Waals surface area contributed by atoms with Crippen LogP contribution in [0.25, 0.3) is 59.9 Å². The number of fused-ring (bicyclic) bond motifs is 11. The van der Waals surface area contributed by atoms with Gasteiger partial charge in [-0.3, -0.25) is 0 Å². The number of hydrogen-bond donors (Lipinski definition) is 0. The number of rotatable bonds is 3. The molecule has 43 heavy (non-hydrogen) atoms. The molecule has 2 nitrogen and oxygen atoms in total. The summed E-state index contributed by atoms with van der Waals surface area (Å²) in [4.78, 5) is 5.22. The summed E-state index contributed by atoms with van der Waals surface area (Å²) in [6, 6.07) is 55.3. The van der Waals surface area contributed by atoms with E-state index in [1.54, 1.807) is 0 Å². The third kappa shape index (κ3) is 3.66. The minimum absolute atomic E-state index is 1.01. The van der Waals surface area contributed by atoms with Gasteiger partial charge >= 0.3 is 251 Å². The normalized spacial score (nSPS) is 12.3. The molecule has 0 saturated carbocycles. The first-order chi connectivity index (χ1) is 21.2. The molecule has 7 aromatic carbocycles. The SMILES string of the molecule is [Se]=P(c1ccccc1)(c1ccccc1)c1ccc2cc3c4ccc5ccccc5c4c4nc5ccccc5n4c3cc2c1. The van der Waals surface area contributed by atoms with Gasteiger partial charge in [0.25, 0.3) is 0 Å². The van der Waals surface area contributed by atoms with Crippen LogP contribution in [-0.2, 0) is 0 Å². The molecule has 0 unspecified atom stereocenters. The molecular formula is C39H25N2PSe. The number of para-hydroxylation sites is 2. The molecule has 0 aliphatic carbocycles. The Morgan fingerprint density at radius 2 is 1.14 bits per heavy atom. The fourth-order valence-corrected chi connectivity index (χ4v) is 11.7. The van der Waals surface area contributed by atoms with Crippen LogP contribution in [0.5, 0.6) is 0 Å². The van der Waals surface area contributed by atoms with Crippen LogP contribution in [-0.4, -0.2) is 24.5 Å². The maximum atomic E-state index is 5.22. The Balaban J connectivity index is 1.41. The fourth-order valence-electron chi connectivity index (χ4n) is 6.77. The Kier molecular flexibility index (Phi) is 5.52. The average Bonchev–Trinajstić information content (AvgIpc) is 3.47. The van der Waals surface area contributed by atoms with Crippen molar-refractivity contribution in [3.8, 4) is 0 Å². The molecule has 0 spiro atoms. The van der Waals surface area contributed by atoms with E-state index in [4.69, 9.17) is 4.98 Å². The zero-order valence-corrected chi connectivity index (χ0v) is 25.8. The number of benzene rings is 7. The van der Waals surface area contributed by atoms with Crippen LogP contribution in [0.2, 0.25) is 0 Å². The van der Waals surface area contributed by atoms with Crippen molar-refractivity contribution in [3.63, 3.8) is 0 Å². The second kappa shape index (κ2) is 9.49. The predicted octanol–water partition coefficient (Wildman–Crippen LogP) is 8.48. The van der Waals surface area contributed by atoms with Crippen molar-refractivity contribution in [1.29, 1.82) is 0 Å². The van der Waals surface area contributed by atoms with E-state index in [-0.39, 0.29) is 0 Å². The van der Waals surface area contributed by atoms with Crippen LogP contribution in [0.3, 0.4) is 0 Å². The molecule has 9 rings (SSSR count). The summed E-state index contributed by atoms with van der Waals surface area (Å²) >= 11 is 3.73. The summed E-state index contributed by atoms with van der Waals surface area (Å²) in [5.74, 6) is 0. The molecule has 0 aliphatic heterocycles. The van der Waals surface area contributed by atoms with Crippen molar-refractivity contribution in [2.45, 2.75) is 0 Å². The third-order valence-corrected chi connectivity index (χ3v) is 15.8. The Hall–Kier alpha value is -4.52. The first-order valence-electron chi connectivity index (χ1n) is 14.5. The van der Waals surface area contributed by atoms with Crippen molar-refractivity contribution < 1.29 is 0 Å². The summed E-state index contributed by atoms with van der Waals surface area (Å²) in [5.41, 5.74) is 2.36. The molecule has 9 aromatic rings. The van der Waals surface area contributed by atoms with Crippen LogP contribution >= 0.6 is 5.51 Å². The van der Waals surface area contributed by atoms with E-state index in [1.165, 1.54) is 59.1 Å². The predicted molar refractivity (Wildman–Crippen MR) is 187 cm³/mol. The first kappa shape index (κ1) is 25.0. The van der Waals surface area contributed by atoms with Crippen molar-refractivity contribution in [1.82, 2.24) is 9.38 Å². The van der Waals surface area contributed by atoms with Crippen LogP contribution in [0.15, 0.2) is 152 Å². The first-order valence-corrected chi connectivity index (χ1v) is 18.5. The molecule has 0 bridgehead atoms. The van der Waals surface area contributed by atoms with Gasteiger partial charge in [-0.2, -0.15) is 0 Å². The minimum atomic E-state index is -1.98. The molecule has 202 valence electrons. The second-order valence-electron chi connectivity index (χ2n) is 11.1. The summed E-state index contributed by atoms with van der Waals surface area (Å²) in [6.07, 6.45) is 0. The van der Waals surface area contributed by atoms with Crippen LogP contribution in [0, 0.1) is 0 Å². The Bertz CT molecular complexity index is 2540. The quantitative estimate of drug-likeness (QED) is 0.0828. The van der Waals surface area contributed by atoms with E-state index in [2.05, 4.69) is 171 Å².